The Labute approximate surface area is 104 Å². The first-order valence-electron chi connectivity index (χ1n) is 7.27. The highest BCUT2D eigenvalue weighted by Gasteiger charge is 2.55. The lowest BCUT2D eigenvalue weighted by atomic mass is 9.64. The van der Waals surface area contributed by atoms with E-state index in [1.165, 1.54) is 37.7 Å². The molecule has 1 N–H and O–H groups in total. The van der Waals surface area contributed by atoms with Crippen LogP contribution >= 0.6 is 0 Å². The van der Waals surface area contributed by atoms with Gasteiger partial charge in [0.2, 0.25) is 0 Å². The molecule has 0 aromatic carbocycles. The minimum Gasteiger partial charge on any atom is -0.385 e. The summed E-state index contributed by atoms with van der Waals surface area (Å²) in [4.78, 5) is 0. The highest BCUT2D eigenvalue weighted by atomic mass is 16.5. The Hall–Kier alpha value is -0.340. The summed E-state index contributed by atoms with van der Waals surface area (Å²) in [6.07, 6.45) is 12.7. The maximum atomic E-state index is 11.3. The fraction of sp³-hybridized carbons (Fsp3) is 0.867. The van der Waals surface area contributed by atoms with Gasteiger partial charge in [0.25, 0.3) is 0 Å². The number of hydrogen-bond acceptors (Lipinski definition) is 2. The third-order valence-corrected chi connectivity index (χ3v) is 5.34. The van der Waals surface area contributed by atoms with Gasteiger partial charge in [0, 0.05) is 18.6 Å². The highest BCUT2D eigenvalue weighted by molar-refractivity contribution is 5.26. The van der Waals surface area contributed by atoms with Crippen LogP contribution in [-0.4, -0.2) is 23.9 Å². The van der Waals surface area contributed by atoms with Crippen LogP contribution in [0.3, 0.4) is 0 Å². The molecule has 3 aliphatic rings. The Morgan fingerprint density at radius 1 is 1.00 bits per heavy atom. The van der Waals surface area contributed by atoms with Crippen LogP contribution in [-0.2, 0) is 4.74 Å². The van der Waals surface area contributed by atoms with Gasteiger partial charge in [0.05, 0.1) is 5.60 Å². The van der Waals surface area contributed by atoms with Crippen molar-refractivity contribution in [1.29, 1.82) is 0 Å². The van der Waals surface area contributed by atoms with Gasteiger partial charge in [-0.25, -0.2) is 0 Å². The van der Waals surface area contributed by atoms with Gasteiger partial charge in [-0.1, -0.05) is 6.08 Å². The first-order valence-corrected chi connectivity index (χ1v) is 7.27. The van der Waals surface area contributed by atoms with Crippen LogP contribution in [0.2, 0.25) is 0 Å². The Morgan fingerprint density at radius 2 is 1.82 bits per heavy atom. The largest absolute Gasteiger partial charge is 0.385 e. The lowest BCUT2D eigenvalue weighted by molar-refractivity contribution is -0.0934. The van der Waals surface area contributed by atoms with Gasteiger partial charge in [-0.15, -0.1) is 0 Å². The molecule has 0 amide bonds. The molecule has 2 aliphatic carbocycles. The highest BCUT2D eigenvalue weighted by Crippen LogP contribution is 2.57. The molecule has 1 atom stereocenters. The van der Waals surface area contributed by atoms with Crippen LogP contribution in [0.5, 0.6) is 0 Å². The lowest BCUT2D eigenvalue weighted by Gasteiger charge is -2.47. The molecule has 1 saturated carbocycles. The molecular weight excluding hydrogens is 212 g/mol. The molecule has 0 aromatic heterocycles. The molecule has 17 heavy (non-hydrogen) atoms. The normalized spacial score (nSPS) is 37.1. The summed E-state index contributed by atoms with van der Waals surface area (Å²) in [5.74, 6) is 0. The zero-order valence-corrected chi connectivity index (χ0v) is 10.7. The summed E-state index contributed by atoms with van der Waals surface area (Å²) in [5, 5.41) is 11.3. The van der Waals surface area contributed by atoms with Crippen LogP contribution in [0.15, 0.2) is 11.6 Å². The van der Waals surface area contributed by atoms with E-state index in [9.17, 15) is 5.11 Å². The molecule has 3 rings (SSSR count). The van der Waals surface area contributed by atoms with Crippen molar-refractivity contribution in [3.8, 4) is 0 Å². The van der Waals surface area contributed by atoms with E-state index >= 15 is 0 Å². The first-order chi connectivity index (χ1) is 8.27. The second-order valence-electron chi connectivity index (χ2n) is 6.08. The molecule has 1 saturated heterocycles. The third kappa shape index (κ3) is 1.77. The molecule has 96 valence electrons. The van der Waals surface area contributed by atoms with E-state index < -0.39 is 5.60 Å². The smallest absolute Gasteiger partial charge is 0.0914 e. The van der Waals surface area contributed by atoms with Gasteiger partial charge in [-0.2, -0.15) is 0 Å². The molecule has 0 bridgehead atoms. The maximum Gasteiger partial charge on any atom is 0.0914 e. The Kier molecular flexibility index (Phi) is 3.04. The van der Waals surface area contributed by atoms with Crippen molar-refractivity contribution in [2.45, 2.75) is 63.4 Å². The summed E-state index contributed by atoms with van der Waals surface area (Å²) in [7, 11) is 0. The van der Waals surface area contributed by atoms with Gasteiger partial charge in [-0.05, 0) is 63.4 Å². The van der Waals surface area contributed by atoms with Crippen molar-refractivity contribution in [2.24, 2.45) is 5.41 Å². The van der Waals surface area contributed by atoms with Crippen molar-refractivity contribution in [2.75, 3.05) is 13.2 Å². The lowest BCUT2D eigenvalue weighted by Crippen LogP contribution is -2.49. The summed E-state index contributed by atoms with van der Waals surface area (Å²) in [6.45, 7) is 1.69. The predicted octanol–water partition coefficient (Wildman–Crippen LogP) is 3.20. The summed E-state index contributed by atoms with van der Waals surface area (Å²) in [5.41, 5.74) is 1.02. The molecule has 2 nitrogen and oxygen atoms in total. The molecule has 0 aromatic rings. The van der Waals surface area contributed by atoms with Gasteiger partial charge >= 0.3 is 0 Å². The Morgan fingerprint density at radius 3 is 2.53 bits per heavy atom. The zero-order chi connectivity index (χ0) is 11.8. The van der Waals surface area contributed by atoms with Crippen molar-refractivity contribution >= 4 is 0 Å². The zero-order valence-electron chi connectivity index (χ0n) is 10.7. The van der Waals surface area contributed by atoms with Crippen molar-refractivity contribution in [3.05, 3.63) is 11.6 Å². The number of rotatable bonds is 1. The quantitative estimate of drug-likeness (QED) is 0.708. The maximum absolute atomic E-state index is 11.3. The van der Waals surface area contributed by atoms with Gasteiger partial charge in [0.15, 0.2) is 0 Å². The molecule has 2 heteroatoms. The van der Waals surface area contributed by atoms with Crippen molar-refractivity contribution in [1.82, 2.24) is 0 Å². The summed E-state index contributed by atoms with van der Waals surface area (Å²) >= 11 is 0. The SMILES string of the molecule is OC1(C2=CCCCC2)CCCC12CCOCC2. The molecule has 2 fully saturated rings. The number of ether oxygens (including phenoxy) is 1. The van der Waals surface area contributed by atoms with E-state index in [-0.39, 0.29) is 5.41 Å². The van der Waals surface area contributed by atoms with Crippen molar-refractivity contribution in [3.63, 3.8) is 0 Å². The molecular formula is C15H24O2. The topological polar surface area (TPSA) is 29.5 Å². The Bertz CT molecular complexity index is 315. The van der Waals surface area contributed by atoms with Crippen LogP contribution in [0.4, 0.5) is 0 Å². The molecule has 0 radical (unpaired) electrons. The van der Waals surface area contributed by atoms with E-state index in [1.54, 1.807) is 0 Å². The van der Waals surface area contributed by atoms with Gasteiger partial charge in [0.1, 0.15) is 0 Å². The van der Waals surface area contributed by atoms with Crippen LogP contribution in [0.25, 0.3) is 0 Å². The third-order valence-electron chi connectivity index (χ3n) is 5.34. The minimum absolute atomic E-state index is 0.147. The molecule has 1 unspecified atom stereocenters. The number of allylic oxidation sites excluding steroid dienone is 1. The van der Waals surface area contributed by atoms with E-state index in [2.05, 4.69) is 6.08 Å². The van der Waals surface area contributed by atoms with E-state index in [0.29, 0.717) is 0 Å². The standard InChI is InChI=1S/C15H24O2/c16-15(13-5-2-1-3-6-13)8-4-7-14(15)9-11-17-12-10-14/h5,16H,1-4,6-12H2. The molecule has 1 heterocycles. The summed E-state index contributed by atoms with van der Waals surface area (Å²) in [6, 6.07) is 0. The minimum atomic E-state index is -0.489. The van der Waals surface area contributed by atoms with Crippen LogP contribution in [0.1, 0.15) is 57.8 Å². The van der Waals surface area contributed by atoms with Crippen LogP contribution in [0, 0.1) is 5.41 Å². The van der Waals surface area contributed by atoms with Gasteiger partial charge < -0.3 is 9.84 Å². The average Bonchev–Trinajstić information content (AvgIpc) is 2.70. The molecule has 1 aliphatic heterocycles. The van der Waals surface area contributed by atoms with Gasteiger partial charge in [-0.3, -0.25) is 0 Å². The predicted molar refractivity (Wildman–Crippen MR) is 67.8 cm³/mol. The molecule has 1 spiro atoms. The van der Waals surface area contributed by atoms with E-state index in [0.717, 1.165) is 38.9 Å². The second kappa shape index (κ2) is 4.40. The van der Waals surface area contributed by atoms with E-state index in [1.807, 2.05) is 0 Å². The Balaban J connectivity index is 1.90. The number of hydrogen-bond donors (Lipinski definition) is 1. The fourth-order valence-electron chi connectivity index (χ4n) is 4.30. The number of aliphatic hydroxyl groups is 1. The van der Waals surface area contributed by atoms with Crippen molar-refractivity contribution < 1.29 is 9.84 Å². The average molecular weight is 236 g/mol. The van der Waals surface area contributed by atoms with Crippen LogP contribution < -0.4 is 0 Å². The fourth-order valence-corrected chi connectivity index (χ4v) is 4.30. The first kappa shape index (κ1) is 11.7. The van der Waals surface area contributed by atoms with E-state index in [4.69, 9.17) is 4.74 Å². The summed E-state index contributed by atoms with van der Waals surface area (Å²) < 4.78 is 5.51. The monoisotopic (exact) mass is 236 g/mol. The second-order valence-corrected chi connectivity index (χ2v) is 6.08.